The summed E-state index contributed by atoms with van der Waals surface area (Å²) < 4.78 is 40.2. The second kappa shape index (κ2) is 11.6. The first-order chi connectivity index (χ1) is 21.0. The number of pyridine rings is 2. The Hall–Kier alpha value is -4.98. The molecule has 0 aliphatic rings. The van der Waals surface area contributed by atoms with Crippen LogP contribution in [0.25, 0.3) is 55.7 Å². The Bertz CT molecular complexity index is 2140. The third-order valence-electron chi connectivity index (χ3n) is 6.91. The number of sulfonamides is 1. The van der Waals surface area contributed by atoms with Gasteiger partial charge in [-0.1, -0.05) is 12.1 Å². The van der Waals surface area contributed by atoms with Crippen molar-refractivity contribution in [1.82, 2.24) is 34.8 Å². The first-order valence-electron chi connectivity index (χ1n) is 13.6. The Morgan fingerprint density at radius 3 is 2.64 bits per heavy atom. The maximum atomic E-state index is 14.6. The molecule has 4 aromatic heterocycles. The fraction of sp³-hybridized carbons (Fsp3) is 0.161. The van der Waals surface area contributed by atoms with E-state index in [9.17, 15) is 17.6 Å². The normalized spacial score (nSPS) is 11.9. The van der Waals surface area contributed by atoms with E-state index >= 15 is 0 Å². The molecule has 0 aliphatic heterocycles. The second-order valence-electron chi connectivity index (χ2n) is 10.8. The summed E-state index contributed by atoms with van der Waals surface area (Å²) in [4.78, 5) is 26.6. The number of fused-ring (bicyclic) bond motifs is 2. The van der Waals surface area contributed by atoms with E-state index in [1.165, 1.54) is 12.1 Å². The van der Waals surface area contributed by atoms with Crippen LogP contribution in [0.1, 0.15) is 5.56 Å². The van der Waals surface area contributed by atoms with Gasteiger partial charge in [-0.15, -0.1) is 0 Å². The monoisotopic (exact) mass is 612 g/mol. The number of carbonyl (C=O) groups is 1. The number of benzene rings is 2. The van der Waals surface area contributed by atoms with Crippen molar-refractivity contribution < 1.29 is 17.6 Å². The molecule has 224 valence electrons. The molecule has 4 heterocycles. The first-order valence-corrected chi connectivity index (χ1v) is 15.5. The number of amides is 1. The highest BCUT2D eigenvalue weighted by Gasteiger charge is 2.17. The van der Waals surface area contributed by atoms with Gasteiger partial charge in [0.25, 0.3) is 0 Å². The first kappa shape index (κ1) is 29.1. The lowest BCUT2D eigenvalue weighted by Gasteiger charge is -2.10. The number of carbonyl (C=O) groups excluding carboxylic acids is 1. The van der Waals surface area contributed by atoms with Crippen molar-refractivity contribution in [3.63, 3.8) is 0 Å². The van der Waals surface area contributed by atoms with Crippen molar-refractivity contribution in [3.05, 3.63) is 84.4 Å². The lowest BCUT2D eigenvalue weighted by Crippen LogP contribution is -2.27. The predicted molar refractivity (Wildman–Crippen MR) is 169 cm³/mol. The van der Waals surface area contributed by atoms with E-state index in [1.807, 2.05) is 56.6 Å². The SMILES string of the molecule is CN(C)CC(=O)Nc1cncc(-c2ccc3[nH]nc(-c4cc5c(-c6cc(F)cc(CNS(C)(=O)=O)c6)cccc5[nH]4)c3n2)c1. The van der Waals surface area contributed by atoms with Gasteiger partial charge in [0, 0.05) is 29.2 Å². The molecule has 0 unspecified atom stereocenters. The van der Waals surface area contributed by atoms with Crippen molar-refractivity contribution in [1.29, 1.82) is 0 Å². The lowest BCUT2D eigenvalue weighted by atomic mass is 9.99. The zero-order chi connectivity index (χ0) is 31.0. The van der Waals surface area contributed by atoms with Crippen LogP contribution in [0.3, 0.4) is 0 Å². The number of nitrogens with one attached hydrogen (secondary N) is 4. The molecule has 2 aromatic carbocycles. The summed E-state index contributed by atoms with van der Waals surface area (Å²) >= 11 is 0. The van der Waals surface area contributed by atoms with Crippen molar-refractivity contribution in [2.45, 2.75) is 6.54 Å². The number of rotatable bonds is 9. The fourth-order valence-electron chi connectivity index (χ4n) is 5.04. The topological polar surface area (TPSA) is 149 Å². The highest BCUT2D eigenvalue weighted by Crippen LogP contribution is 2.35. The van der Waals surface area contributed by atoms with E-state index < -0.39 is 15.8 Å². The van der Waals surface area contributed by atoms with Gasteiger partial charge in [0.1, 0.15) is 17.0 Å². The van der Waals surface area contributed by atoms with Gasteiger partial charge in [0.05, 0.1) is 41.6 Å². The minimum atomic E-state index is -3.43. The van der Waals surface area contributed by atoms with Gasteiger partial charge in [0.2, 0.25) is 15.9 Å². The lowest BCUT2D eigenvalue weighted by molar-refractivity contribution is -0.116. The number of aromatic nitrogens is 5. The smallest absolute Gasteiger partial charge is 0.238 e. The summed E-state index contributed by atoms with van der Waals surface area (Å²) in [5.74, 6) is -0.612. The number of H-pyrrole nitrogens is 2. The van der Waals surface area contributed by atoms with Gasteiger partial charge in [-0.2, -0.15) is 5.10 Å². The average Bonchev–Trinajstić information content (AvgIpc) is 3.59. The molecular weight excluding hydrogens is 583 g/mol. The maximum absolute atomic E-state index is 14.6. The Balaban J connectivity index is 1.36. The van der Waals surface area contributed by atoms with Crippen molar-refractivity contribution in [3.8, 4) is 33.8 Å². The number of hydrogen-bond acceptors (Lipinski definition) is 7. The summed E-state index contributed by atoms with van der Waals surface area (Å²) in [6.45, 7) is 0.228. The maximum Gasteiger partial charge on any atom is 0.238 e. The van der Waals surface area contributed by atoms with Crippen LogP contribution < -0.4 is 10.0 Å². The molecule has 6 rings (SSSR count). The number of nitrogens with zero attached hydrogens (tertiary/aromatic N) is 4. The van der Waals surface area contributed by atoms with E-state index in [-0.39, 0.29) is 19.0 Å². The van der Waals surface area contributed by atoms with E-state index in [0.29, 0.717) is 39.4 Å². The fourth-order valence-corrected chi connectivity index (χ4v) is 5.47. The number of likely N-dealkylation sites (N-methyl/N-ethyl adjacent to an activating group) is 1. The Labute approximate surface area is 252 Å². The molecule has 0 fully saturated rings. The van der Waals surface area contributed by atoms with Crippen molar-refractivity contribution in [2.75, 3.05) is 32.2 Å². The molecule has 4 N–H and O–H groups in total. The molecule has 13 heteroatoms. The van der Waals surface area contributed by atoms with E-state index in [0.717, 1.165) is 33.8 Å². The average molecular weight is 613 g/mol. The minimum absolute atomic E-state index is 0.0217. The summed E-state index contributed by atoms with van der Waals surface area (Å²) in [7, 11) is 0.212. The number of anilines is 1. The van der Waals surface area contributed by atoms with E-state index in [1.54, 1.807) is 23.4 Å². The molecular formula is C31H29FN8O3S. The van der Waals surface area contributed by atoms with Gasteiger partial charge >= 0.3 is 0 Å². The Kier molecular flexibility index (Phi) is 7.67. The van der Waals surface area contributed by atoms with Crippen LogP contribution >= 0.6 is 0 Å². The number of aromatic amines is 2. The van der Waals surface area contributed by atoms with Crippen LogP contribution in [0.5, 0.6) is 0 Å². The van der Waals surface area contributed by atoms with Crippen molar-refractivity contribution in [2.24, 2.45) is 0 Å². The minimum Gasteiger partial charge on any atom is -0.353 e. The molecule has 0 atom stereocenters. The molecule has 0 saturated heterocycles. The molecule has 6 aromatic rings. The predicted octanol–water partition coefficient (Wildman–Crippen LogP) is 4.52. The standard InChI is InChI=1S/C31H29FN8O3S/c1-40(2)17-29(41)35-22-12-20(15-33-16-22)25-7-8-27-30(37-25)31(39-38-27)28-13-24-23(5-4-6-26(24)36-28)19-9-18(10-21(32)11-19)14-34-44(3,42)43/h4-13,15-16,34,36H,14,17H2,1-3H3,(H,35,41)(H,38,39). The second-order valence-corrected chi connectivity index (χ2v) is 12.6. The highest BCUT2D eigenvalue weighted by atomic mass is 32.2. The van der Waals surface area contributed by atoms with Gasteiger partial charge in [-0.3, -0.25) is 14.9 Å². The largest absolute Gasteiger partial charge is 0.353 e. The van der Waals surface area contributed by atoms with Crippen LogP contribution in [0, 0.1) is 5.82 Å². The number of halogens is 1. The van der Waals surface area contributed by atoms with Crippen LogP contribution in [0.2, 0.25) is 0 Å². The van der Waals surface area contributed by atoms with Gasteiger partial charge in [0.15, 0.2) is 0 Å². The molecule has 0 saturated carbocycles. The molecule has 11 nitrogen and oxygen atoms in total. The molecule has 1 amide bonds. The summed E-state index contributed by atoms with van der Waals surface area (Å²) in [5.41, 5.74) is 7.35. The van der Waals surface area contributed by atoms with Gasteiger partial charge < -0.3 is 15.2 Å². The van der Waals surface area contributed by atoms with E-state index in [4.69, 9.17) is 4.98 Å². The summed E-state index contributed by atoms with van der Waals surface area (Å²) in [6, 6.07) is 17.7. The zero-order valence-corrected chi connectivity index (χ0v) is 25.0. The molecule has 0 radical (unpaired) electrons. The molecule has 0 spiro atoms. The molecule has 0 bridgehead atoms. The highest BCUT2D eigenvalue weighted by molar-refractivity contribution is 7.88. The van der Waals surface area contributed by atoms with Crippen LogP contribution in [0.4, 0.5) is 10.1 Å². The third-order valence-corrected chi connectivity index (χ3v) is 7.58. The quantitative estimate of drug-likeness (QED) is 0.188. The Morgan fingerprint density at radius 1 is 1.00 bits per heavy atom. The molecule has 0 aliphatic carbocycles. The number of hydrogen-bond donors (Lipinski definition) is 4. The van der Waals surface area contributed by atoms with Crippen molar-refractivity contribution >= 4 is 43.6 Å². The van der Waals surface area contributed by atoms with E-state index in [2.05, 4.69) is 30.2 Å². The zero-order valence-electron chi connectivity index (χ0n) is 24.1. The van der Waals surface area contributed by atoms with Crippen LogP contribution in [-0.4, -0.2) is 71.3 Å². The van der Waals surface area contributed by atoms with Gasteiger partial charge in [-0.25, -0.2) is 22.5 Å². The molecule has 44 heavy (non-hydrogen) atoms. The summed E-state index contributed by atoms with van der Waals surface area (Å²) in [6.07, 6.45) is 4.33. The summed E-state index contributed by atoms with van der Waals surface area (Å²) in [5, 5.41) is 11.3. The Morgan fingerprint density at radius 2 is 1.84 bits per heavy atom. The van der Waals surface area contributed by atoms with Gasteiger partial charge in [-0.05, 0) is 79.3 Å². The van der Waals surface area contributed by atoms with Crippen LogP contribution in [0.15, 0.2) is 73.1 Å². The van der Waals surface area contributed by atoms with Crippen LogP contribution in [-0.2, 0) is 21.4 Å². The third kappa shape index (κ3) is 6.34.